The molecule has 118 valence electrons. The Bertz CT molecular complexity index is 838. The molecule has 2 nitrogen and oxygen atoms in total. The lowest BCUT2D eigenvalue weighted by Gasteiger charge is -2.29. The van der Waals surface area contributed by atoms with Crippen molar-refractivity contribution in [3.63, 3.8) is 0 Å². The van der Waals surface area contributed by atoms with Crippen molar-refractivity contribution in [3.05, 3.63) is 96.1 Å². The zero-order chi connectivity index (χ0) is 16.4. The molecule has 1 saturated heterocycles. The second-order valence-corrected chi connectivity index (χ2v) is 6.11. The van der Waals surface area contributed by atoms with Crippen LogP contribution in [0.2, 0.25) is 0 Å². The molecule has 0 aliphatic carbocycles. The molecule has 0 aromatic heterocycles. The maximum absolute atomic E-state index is 11.9. The van der Waals surface area contributed by atoms with Gasteiger partial charge in [-0.15, -0.1) is 0 Å². The Hall–Kier alpha value is -2.87. The largest absolute Gasteiger partial charge is 0.449 e. The Morgan fingerprint density at radius 1 is 0.667 bits per heavy atom. The molecule has 0 saturated carbocycles. The minimum atomic E-state index is -0.659. The van der Waals surface area contributed by atoms with Crippen molar-refractivity contribution in [2.75, 3.05) is 0 Å². The van der Waals surface area contributed by atoms with E-state index >= 15 is 0 Å². The lowest BCUT2D eigenvalue weighted by molar-refractivity contribution is -0.146. The van der Waals surface area contributed by atoms with Crippen molar-refractivity contribution in [2.24, 2.45) is 0 Å². The van der Waals surface area contributed by atoms with E-state index < -0.39 is 5.60 Å². The Balaban J connectivity index is 1.76. The highest BCUT2D eigenvalue weighted by Gasteiger charge is 2.43. The molecule has 3 aromatic rings. The van der Waals surface area contributed by atoms with Gasteiger partial charge in [0.25, 0.3) is 0 Å². The number of hydrogen-bond donors (Lipinski definition) is 0. The van der Waals surface area contributed by atoms with E-state index in [9.17, 15) is 4.79 Å². The summed E-state index contributed by atoms with van der Waals surface area (Å²) in [7, 11) is 0. The zero-order valence-corrected chi connectivity index (χ0v) is 13.3. The molecule has 1 atom stereocenters. The second kappa shape index (κ2) is 5.97. The fraction of sp³-hybridized carbons (Fsp3) is 0.136. The van der Waals surface area contributed by atoms with E-state index in [4.69, 9.17) is 4.74 Å². The van der Waals surface area contributed by atoms with Gasteiger partial charge in [-0.05, 0) is 11.1 Å². The van der Waals surface area contributed by atoms with Crippen molar-refractivity contribution < 1.29 is 9.53 Å². The van der Waals surface area contributed by atoms with E-state index in [1.54, 1.807) is 0 Å². The van der Waals surface area contributed by atoms with Crippen molar-refractivity contribution in [1.82, 2.24) is 0 Å². The number of hydrogen-bond acceptors (Lipinski definition) is 2. The number of esters is 1. The third kappa shape index (κ3) is 2.50. The second-order valence-electron chi connectivity index (χ2n) is 6.11. The van der Waals surface area contributed by atoms with Crippen molar-refractivity contribution in [3.8, 4) is 11.1 Å². The van der Waals surface area contributed by atoms with Gasteiger partial charge in [-0.2, -0.15) is 0 Å². The molecule has 1 aliphatic heterocycles. The number of ether oxygens (including phenoxy) is 1. The predicted octanol–water partition coefficient (Wildman–Crippen LogP) is 4.93. The normalized spacial score (nSPS) is 19.9. The maximum atomic E-state index is 11.9. The van der Waals surface area contributed by atoms with Crippen LogP contribution in [0.15, 0.2) is 84.9 Å². The van der Waals surface area contributed by atoms with Crippen LogP contribution >= 0.6 is 0 Å². The first-order chi connectivity index (χ1) is 11.8. The smallest absolute Gasteiger partial charge is 0.307 e. The van der Waals surface area contributed by atoms with Gasteiger partial charge in [-0.25, -0.2) is 0 Å². The Kier molecular flexibility index (Phi) is 3.66. The minimum absolute atomic E-state index is 0.133. The van der Waals surface area contributed by atoms with Crippen molar-refractivity contribution in [1.29, 1.82) is 0 Å². The van der Waals surface area contributed by atoms with Crippen LogP contribution in [0.3, 0.4) is 0 Å². The summed E-state index contributed by atoms with van der Waals surface area (Å²) < 4.78 is 5.83. The summed E-state index contributed by atoms with van der Waals surface area (Å²) in [4.78, 5) is 11.9. The molecule has 24 heavy (non-hydrogen) atoms. The van der Waals surface area contributed by atoms with Crippen LogP contribution in [-0.4, -0.2) is 5.97 Å². The predicted molar refractivity (Wildman–Crippen MR) is 94.4 cm³/mol. The summed E-state index contributed by atoms with van der Waals surface area (Å²) in [5.41, 5.74) is 3.74. The van der Waals surface area contributed by atoms with Crippen LogP contribution in [0.1, 0.15) is 24.0 Å². The molecular formula is C22H18O2. The van der Waals surface area contributed by atoms with Crippen LogP contribution < -0.4 is 0 Å². The fourth-order valence-corrected chi connectivity index (χ4v) is 3.42. The summed E-state index contributed by atoms with van der Waals surface area (Å²) in [5, 5.41) is 0. The van der Waals surface area contributed by atoms with Crippen molar-refractivity contribution in [2.45, 2.75) is 18.4 Å². The highest BCUT2D eigenvalue weighted by atomic mass is 16.6. The molecular weight excluding hydrogens is 296 g/mol. The molecule has 4 rings (SSSR count). The van der Waals surface area contributed by atoms with Gasteiger partial charge >= 0.3 is 5.97 Å². The van der Waals surface area contributed by atoms with Crippen LogP contribution in [0.4, 0.5) is 0 Å². The number of carbonyl (C=O) groups excluding carboxylic acids is 1. The first kappa shape index (κ1) is 14.7. The topological polar surface area (TPSA) is 26.3 Å². The number of benzene rings is 3. The lowest BCUT2D eigenvalue weighted by atomic mass is 9.83. The van der Waals surface area contributed by atoms with Crippen LogP contribution in [-0.2, 0) is 15.1 Å². The SMILES string of the molecule is O=C1CCC(c2ccccc2)(c2ccc(-c3ccccc3)cc2)O1. The van der Waals surface area contributed by atoms with E-state index in [0.29, 0.717) is 12.8 Å². The minimum Gasteiger partial charge on any atom is -0.449 e. The molecule has 1 heterocycles. The zero-order valence-electron chi connectivity index (χ0n) is 13.3. The molecule has 1 aliphatic rings. The van der Waals surface area contributed by atoms with E-state index in [0.717, 1.165) is 16.7 Å². The third-order valence-electron chi connectivity index (χ3n) is 4.67. The van der Waals surface area contributed by atoms with Crippen molar-refractivity contribution >= 4 is 5.97 Å². The van der Waals surface area contributed by atoms with Crippen LogP contribution in [0, 0.1) is 0 Å². The van der Waals surface area contributed by atoms with E-state index in [2.05, 4.69) is 36.4 Å². The third-order valence-corrected chi connectivity index (χ3v) is 4.67. The van der Waals surface area contributed by atoms with Gasteiger partial charge in [-0.3, -0.25) is 4.79 Å². The maximum Gasteiger partial charge on any atom is 0.307 e. The average Bonchev–Trinajstić information content (AvgIpc) is 3.06. The van der Waals surface area contributed by atoms with Gasteiger partial charge in [0.2, 0.25) is 0 Å². The summed E-state index contributed by atoms with van der Waals surface area (Å²) in [6, 6.07) is 28.6. The first-order valence-electron chi connectivity index (χ1n) is 8.21. The number of carbonyl (C=O) groups is 1. The highest BCUT2D eigenvalue weighted by molar-refractivity contribution is 5.74. The quantitative estimate of drug-likeness (QED) is 0.640. The van der Waals surface area contributed by atoms with Crippen LogP contribution in [0.25, 0.3) is 11.1 Å². The molecule has 1 fully saturated rings. The molecule has 0 bridgehead atoms. The van der Waals surface area contributed by atoms with E-state index in [-0.39, 0.29) is 5.97 Å². The standard InChI is InChI=1S/C22H18O2/c23-21-15-16-22(24-21,19-9-5-2-6-10-19)20-13-11-18(12-14-20)17-7-3-1-4-8-17/h1-14H,15-16H2. The fourth-order valence-electron chi connectivity index (χ4n) is 3.42. The van der Waals surface area contributed by atoms with Gasteiger partial charge < -0.3 is 4.74 Å². The van der Waals surface area contributed by atoms with Crippen LogP contribution in [0.5, 0.6) is 0 Å². The Labute approximate surface area is 141 Å². The summed E-state index contributed by atoms with van der Waals surface area (Å²) in [5.74, 6) is -0.133. The molecule has 0 radical (unpaired) electrons. The summed E-state index contributed by atoms with van der Waals surface area (Å²) in [6.07, 6.45) is 1.13. The number of rotatable bonds is 3. The summed E-state index contributed by atoms with van der Waals surface area (Å²) >= 11 is 0. The first-order valence-corrected chi connectivity index (χ1v) is 8.21. The molecule has 2 heteroatoms. The molecule has 0 amide bonds. The van der Waals surface area contributed by atoms with Gasteiger partial charge in [0.1, 0.15) is 0 Å². The summed E-state index contributed by atoms with van der Waals surface area (Å²) in [6.45, 7) is 0. The molecule has 3 aromatic carbocycles. The van der Waals surface area contributed by atoms with Gasteiger partial charge in [-0.1, -0.05) is 84.9 Å². The molecule has 0 spiro atoms. The highest BCUT2D eigenvalue weighted by Crippen LogP contribution is 2.43. The van der Waals surface area contributed by atoms with E-state index in [1.807, 2.05) is 48.5 Å². The van der Waals surface area contributed by atoms with E-state index in [1.165, 1.54) is 5.56 Å². The molecule has 0 N–H and O–H groups in total. The Morgan fingerprint density at radius 2 is 1.21 bits per heavy atom. The van der Waals surface area contributed by atoms with Gasteiger partial charge in [0.05, 0.1) is 6.42 Å². The van der Waals surface area contributed by atoms with Gasteiger partial charge in [0.15, 0.2) is 5.60 Å². The lowest BCUT2D eigenvalue weighted by Crippen LogP contribution is -2.27. The number of cyclic esters (lactones) is 1. The average molecular weight is 314 g/mol. The molecule has 1 unspecified atom stereocenters. The van der Waals surface area contributed by atoms with Gasteiger partial charge in [0, 0.05) is 17.5 Å². The Morgan fingerprint density at radius 3 is 1.79 bits per heavy atom. The monoisotopic (exact) mass is 314 g/mol.